The van der Waals surface area contributed by atoms with Crippen molar-refractivity contribution in [2.45, 2.75) is 38.4 Å². The molecule has 0 saturated carbocycles. The molecule has 0 aliphatic carbocycles. The van der Waals surface area contributed by atoms with Gasteiger partial charge in [0.25, 0.3) is 0 Å². The summed E-state index contributed by atoms with van der Waals surface area (Å²) >= 11 is 0. The van der Waals surface area contributed by atoms with Crippen LogP contribution >= 0.6 is 0 Å². The molecule has 0 radical (unpaired) electrons. The molecule has 0 spiro atoms. The quantitative estimate of drug-likeness (QED) is 0.456. The number of ether oxygens (including phenoxy) is 2. The molecule has 1 unspecified atom stereocenters. The van der Waals surface area contributed by atoms with E-state index in [1.54, 1.807) is 20.3 Å². The summed E-state index contributed by atoms with van der Waals surface area (Å²) < 4.78 is 11.0. The summed E-state index contributed by atoms with van der Waals surface area (Å²) in [6.07, 6.45) is 6.95. The topological polar surface area (TPSA) is 58.1 Å². The Bertz CT molecular complexity index is 1070. The number of phenolic OH excluding ortho intramolecular Hbond substituents is 1. The Hall–Kier alpha value is -3.09. The van der Waals surface area contributed by atoms with E-state index in [-0.39, 0.29) is 0 Å². The minimum absolute atomic E-state index is 0.305. The Morgan fingerprint density at radius 3 is 2.46 bits per heavy atom. The third kappa shape index (κ3) is 6.53. The molecule has 1 atom stereocenters. The van der Waals surface area contributed by atoms with Gasteiger partial charge < -0.3 is 14.6 Å². The molecule has 0 bridgehead atoms. The lowest BCUT2D eigenvalue weighted by Gasteiger charge is -2.40. The number of aromatic nitrogens is 1. The van der Waals surface area contributed by atoms with Gasteiger partial charge in [-0.1, -0.05) is 18.2 Å². The zero-order valence-electron chi connectivity index (χ0n) is 21.1. The van der Waals surface area contributed by atoms with E-state index in [2.05, 4.69) is 52.2 Å². The summed E-state index contributed by atoms with van der Waals surface area (Å²) in [5.41, 5.74) is 3.45. The standard InChI is InChI=1S/C29H37N3O3/c1-31(20-22-10-14-30-15-11-22)27(19-23-6-4-7-25(18-23)34-2)24-12-16-32(17-13-24)21-26-28(33)8-5-9-29(26)35-3/h4-11,14-15,18,24,27,33H,12-13,16-17,19-21H2,1-3H3. The predicted octanol–water partition coefficient (Wildman–Crippen LogP) is 4.76. The van der Waals surface area contributed by atoms with E-state index < -0.39 is 0 Å². The number of likely N-dealkylation sites (tertiary alicyclic amines) is 1. The van der Waals surface area contributed by atoms with Gasteiger partial charge in [-0.05, 0) is 92.8 Å². The minimum Gasteiger partial charge on any atom is -0.507 e. The molecule has 2 heterocycles. The molecule has 1 aliphatic rings. The van der Waals surface area contributed by atoms with E-state index in [1.807, 2.05) is 30.6 Å². The number of methoxy groups -OCH3 is 2. The first-order chi connectivity index (χ1) is 17.1. The largest absolute Gasteiger partial charge is 0.507 e. The van der Waals surface area contributed by atoms with Crippen molar-refractivity contribution in [3.63, 3.8) is 0 Å². The van der Waals surface area contributed by atoms with Crippen LogP contribution in [0.1, 0.15) is 29.5 Å². The van der Waals surface area contributed by atoms with Gasteiger partial charge in [-0.3, -0.25) is 14.8 Å². The van der Waals surface area contributed by atoms with E-state index in [1.165, 1.54) is 11.1 Å². The fraction of sp³-hybridized carbons (Fsp3) is 0.414. The monoisotopic (exact) mass is 475 g/mol. The number of piperidine rings is 1. The van der Waals surface area contributed by atoms with Gasteiger partial charge in [-0.2, -0.15) is 0 Å². The van der Waals surface area contributed by atoms with Gasteiger partial charge in [0.1, 0.15) is 17.2 Å². The highest BCUT2D eigenvalue weighted by Gasteiger charge is 2.30. The molecule has 2 aromatic carbocycles. The van der Waals surface area contributed by atoms with Gasteiger partial charge in [-0.15, -0.1) is 0 Å². The number of rotatable bonds is 10. The molecule has 1 N–H and O–H groups in total. The van der Waals surface area contributed by atoms with Crippen molar-refractivity contribution >= 4 is 0 Å². The Kier molecular flexibility index (Phi) is 8.61. The van der Waals surface area contributed by atoms with Crippen LogP contribution in [0.2, 0.25) is 0 Å². The molecule has 1 saturated heterocycles. The number of pyridine rings is 1. The fourth-order valence-electron chi connectivity index (χ4n) is 5.24. The number of nitrogens with zero attached hydrogens (tertiary/aromatic N) is 3. The van der Waals surface area contributed by atoms with Gasteiger partial charge in [0.15, 0.2) is 0 Å². The average molecular weight is 476 g/mol. The minimum atomic E-state index is 0.305. The number of hydrogen-bond acceptors (Lipinski definition) is 6. The van der Waals surface area contributed by atoms with Crippen molar-refractivity contribution < 1.29 is 14.6 Å². The highest BCUT2D eigenvalue weighted by atomic mass is 16.5. The number of aromatic hydroxyl groups is 1. The van der Waals surface area contributed by atoms with Crippen LogP contribution in [0.3, 0.4) is 0 Å². The van der Waals surface area contributed by atoms with Crippen molar-refractivity contribution in [1.29, 1.82) is 0 Å². The summed E-state index contributed by atoms with van der Waals surface area (Å²) in [6.45, 7) is 3.60. The summed E-state index contributed by atoms with van der Waals surface area (Å²) in [6, 6.07) is 18.5. The van der Waals surface area contributed by atoms with Crippen molar-refractivity contribution in [2.75, 3.05) is 34.4 Å². The lowest BCUT2D eigenvalue weighted by atomic mass is 9.84. The molecule has 0 amide bonds. The summed E-state index contributed by atoms with van der Waals surface area (Å²) in [7, 11) is 5.62. The van der Waals surface area contributed by atoms with Crippen molar-refractivity contribution in [1.82, 2.24) is 14.8 Å². The number of phenols is 1. The third-order valence-corrected chi connectivity index (χ3v) is 7.21. The molecule has 35 heavy (non-hydrogen) atoms. The Morgan fingerprint density at radius 1 is 1.00 bits per heavy atom. The summed E-state index contributed by atoms with van der Waals surface area (Å²) in [5, 5.41) is 10.4. The van der Waals surface area contributed by atoms with Gasteiger partial charge in [0.05, 0.1) is 14.2 Å². The SMILES string of the molecule is COc1cccc(CC(C2CCN(Cc3c(O)cccc3OC)CC2)N(C)Cc2ccncc2)c1. The lowest BCUT2D eigenvalue weighted by molar-refractivity contribution is 0.0946. The van der Waals surface area contributed by atoms with E-state index in [0.29, 0.717) is 24.3 Å². The van der Waals surface area contributed by atoms with Crippen molar-refractivity contribution in [2.24, 2.45) is 5.92 Å². The lowest BCUT2D eigenvalue weighted by Crippen LogP contribution is -2.45. The fourth-order valence-corrected chi connectivity index (χ4v) is 5.24. The second-order valence-corrected chi connectivity index (χ2v) is 9.47. The van der Waals surface area contributed by atoms with E-state index in [9.17, 15) is 5.11 Å². The van der Waals surface area contributed by atoms with Crippen LogP contribution in [0.5, 0.6) is 17.2 Å². The molecule has 6 heteroatoms. The van der Waals surface area contributed by atoms with Crippen LogP contribution in [0.25, 0.3) is 0 Å². The maximum absolute atomic E-state index is 10.4. The van der Waals surface area contributed by atoms with E-state index >= 15 is 0 Å². The molecule has 1 aromatic heterocycles. The third-order valence-electron chi connectivity index (χ3n) is 7.21. The molecule has 1 fully saturated rings. The molecule has 6 nitrogen and oxygen atoms in total. The van der Waals surface area contributed by atoms with E-state index in [4.69, 9.17) is 9.47 Å². The number of benzene rings is 2. The zero-order valence-corrected chi connectivity index (χ0v) is 21.1. The van der Waals surface area contributed by atoms with Crippen LogP contribution in [0.4, 0.5) is 0 Å². The van der Waals surface area contributed by atoms with Crippen LogP contribution in [-0.4, -0.2) is 60.3 Å². The smallest absolute Gasteiger partial charge is 0.127 e. The van der Waals surface area contributed by atoms with E-state index in [0.717, 1.165) is 56.0 Å². The van der Waals surface area contributed by atoms with Gasteiger partial charge in [0, 0.05) is 37.1 Å². The van der Waals surface area contributed by atoms with Gasteiger partial charge in [-0.25, -0.2) is 0 Å². The van der Waals surface area contributed by atoms with Gasteiger partial charge >= 0.3 is 0 Å². The second kappa shape index (κ2) is 12.0. The Labute approximate surface area is 209 Å². The predicted molar refractivity (Wildman–Crippen MR) is 139 cm³/mol. The molecule has 3 aromatic rings. The Balaban J connectivity index is 1.46. The Morgan fingerprint density at radius 2 is 1.74 bits per heavy atom. The second-order valence-electron chi connectivity index (χ2n) is 9.47. The first-order valence-corrected chi connectivity index (χ1v) is 12.4. The number of likely N-dealkylation sites (N-methyl/N-ethyl adjacent to an activating group) is 1. The van der Waals surface area contributed by atoms with Crippen LogP contribution < -0.4 is 9.47 Å². The molecular formula is C29H37N3O3. The average Bonchev–Trinajstić information content (AvgIpc) is 2.89. The van der Waals surface area contributed by atoms with Gasteiger partial charge in [0.2, 0.25) is 0 Å². The zero-order chi connectivity index (χ0) is 24.6. The maximum atomic E-state index is 10.4. The van der Waals surface area contributed by atoms with Crippen LogP contribution in [-0.2, 0) is 19.5 Å². The highest BCUT2D eigenvalue weighted by Crippen LogP contribution is 2.32. The highest BCUT2D eigenvalue weighted by molar-refractivity contribution is 5.43. The van der Waals surface area contributed by atoms with Crippen LogP contribution in [0.15, 0.2) is 67.0 Å². The first kappa shape index (κ1) is 25.0. The van der Waals surface area contributed by atoms with Crippen molar-refractivity contribution in [3.05, 3.63) is 83.7 Å². The maximum Gasteiger partial charge on any atom is 0.127 e. The molecular weight excluding hydrogens is 438 g/mol. The summed E-state index contributed by atoms with van der Waals surface area (Å²) in [5.74, 6) is 2.54. The first-order valence-electron chi connectivity index (χ1n) is 12.4. The molecule has 4 rings (SSSR count). The molecule has 1 aliphatic heterocycles. The van der Waals surface area contributed by atoms with Crippen molar-refractivity contribution in [3.8, 4) is 17.2 Å². The van der Waals surface area contributed by atoms with Crippen LogP contribution in [0, 0.1) is 5.92 Å². The normalized spacial score (nSPS) is 15.8. The summed E-state index contributed by atoms with van der Waals surface area (Å²) in [4.78, 5) is 9.10. The number of hydrogen-bond donors (Lipinski definition) is 1. The molecule has 186 valence electrons.